The maximum atomic E-state index is 9.14. The smallest absolute Gasteiger partial charge is 0.0471 e. The van der Waals surface area contributed by atoms with E-state index >= 15 is 0 Å². The van der Waals surface area contributed by atoms with Gasteiger partial charge in [0.25, 0.3) is 0 Å². The summed E-state index contributed by atoms with van der Waals surface area (Å²) >= 11 is 0. The molecule has 0 aromatic heterocycles. The summed E-state index contributed by atoms with van der Waals surface area (Å²) in [7, 11) is 0. The SMILES string of the molecule is CC(CO)C(C)NC1CCC(C(C)(C)C)CC1. The molecule has 0 aliphatic heterocycles. The second kappa shape index (κ2) is 6.19. The van der Waals surface area contributed by atoms with Crippen molar-refractivity contribution in [3.8, 4) is 0 Å². The Morgan fingerprint density at radius 1 is 1.12 bits per heavy atom. The van der Waals surface area contributed by atoms with E-state index in [2.05, 4.69) is 39.9 Å². The van der Waals surface area contributed by atoms with Gasteiger partial charge in [-0.15, -0.1) is 0 Å². The van der Waals surface area contributed by atoms with E-state index in [1.165, 1.54) is 25.7 Å². The molecule has 2 unspecified atom stereocenters. The summed E-state index contributed by atoms with van der Waals surface area (Å²) in [5.74, 6) is 1.24. The molecule has 1 rings (SSSR count). The minimum absolute atomic E-state index is 0.283. The predicted octanol–water partition coefficient (Wildman–Crippen LogP) is 3.20. The van der Waals surface area contributed by atoms with E-state index in [0.717, 1.165) is 5.92 Å². The van der Waals surface area contributed by atoms with E-state index in [9.17, 15) is 0 Å². The highest BCUT2D eigenvalue weighted by Gasteiger charge is 2.30. The fraction of sp³-hybridized carbons (Fsp3) is 1.00. The van der Waals surface area contributed by atoms with Crippen LogP contribution in [0.2, 0.25) is 0 Å². The second-order valence-electron chi connectivity index (χ2n) is 7.03. The van der Waals surface area contributed by atoms with Crippen LogP contribution in [-0.4, -0.2) is 23.8 Å². The van der Waals surface area contributed by atoms with Gasteiger partial charge in [0.05, 0.1) is 0 Å². The van der Waals surface area contributed by atoms with Crippen molar-refractivity contribution in [2.24, 2.45) is 17.3 Å². The van der Waals surface area contributed by atoms with Crippen LogP contribution in [0.5, 0.6) is 0 Å². The molecule has 0 amide bonds. The summed E-state index contributed by atoms with van der Waals surface area (Å²) in [6.07, 6.45) is 5.29. The van der Waals surface area contributed by atoms with E-state index in [-0.39, 0.29) is 6.61 Å². The number of hydrogen-bond donors (Lipinski definition) is 2. The quantitative estimate of drug-likeness (QED) is 0.792. The first-order valence-corrected chi connectivity index (χ1v) is 7.21. The van der Waals surface area contributed by atoms with Crippen molar-refractivity contribution >= 4 is 0 Å². The fourth-order valence-corrected chi connectivity index (χ4v) is 2.82. The van der Waals surface area contributed by atoms with Crippen LogP contribution in [0.3, 0.4) is 0 Å². The van der Waals surface area contributed by atoms with E-state index in [1.54, 1.807) is 0 Å². The van der Waals surface area contributed by atoms with Crippen LogP contribution in [-0.2, 0) is 0 Å². The van der Waals surface area contributed by atoms with Gasteiger partial charge in [-0.3, -0.25) is 0 Å². The molecule has 2 atom stereocenters. The molecule has 1 saturated carbocycles. The van der Waals surface area contributed by atoms with Gasteiger partial charge in [-0.25, -0.2) is 0 Å². The summed E-state index contributed by atoms with van der Waals surface area (Å²) in [6, 6.07) is 1.09. The summed E-state index contributed by atoms with van der Waals surface area (Å²) < 4.78 is 0. The molecule has 1 aliphatic rings. The van der Waals surface area contributed by atoms with Crippen LogP contribution in [0.4, 0.5) is 0 Å². The summed E-state index contributed by atoms with van der Waals surface area (Å²) in [4.78, 5) is 0. The Balaban J connectivity index is 2.33. The van der Waals surface area contributed by atoms with Crippen molar-refractivity contribution in [1.82, 2.24) is 5.32 Å². The minimum atomic E-state index is 0.283. The van der Waals surface area contributed by atoms with E-state index in [4.69, 9.17) is 5.11 Å². The van der Waals surface area contributed by atoms with E-state index < -0.39 is 0 Å². The standard InChI is InChI=1S/C15H31NO/c1-11(10-17)12(2)16-14-8-6-13(7-9-14)15(3,4)5/h11-14,16-17H,6-10H2,1-5H3. The third-order valence-corrected chi connectivity index (χ3v) is 4.59. The minimum Gasteiger partial charge on any atom is -0.396 e. The zero-order chi connectivity index (χ0) is 13.1. The zero-order valence-corrected chi connectivity index (χ0v) is 12.3. The summed E-state index contributed by atoms with van der Waals surface area (Å²) in [5, 5.41) is 12.8. The average Bonchev–Trinajstić information content (AvgIpc) is 2.27. The lowest BCUT2D eigenvalue weighted by Gasteiger charge is -2.38. The van der Waals surface area contributed by atoms with Crippen LogP contribution >= 0.6 is 0 Å². The first-order chi connectivity index (χ1) is 7.84. The molecule has 1 aliphatic carbocycles. The van der Waals surface area contributed by atoms with Crippen molar-refractivity contribution in [3.05, 3.63) is 0 Å². The molecule has 0 aromatic carbocycles. The predicted molar refractivity (Wildman–Crippen MR) is 74.0 cm³/mol. The van der Waals surface area contributed by atoms with E-state index in [1.807, 2.05) is 0 Å². The van der Waals surface area contributed by atoms with Gasteiger partial charge in [0.15, 0.2) is 0 Å². The molecule has 1 fully saturated rings. The molecule has 2 N–H and O–H groups in total. The van der Waals surface area contributed by atoms with Gasteiger partial charge in [-0.05, 0) is 49.9 Å². The van der Waals surface area contributed by atoms with Crippen LogP contribution in [0, 0.1) is 17.3 Å². The Bertz CT molecular complexity index is 213. The van der Waals surface area contributed by atoms with Gasteiger partial charge >= 0.3 is 0 Å². The fourth-order valence-electron chi connectivity index (χ4n) is 2.82. The summed E-state index contributed by atoms with van der Waals surface area (Å²) in [6.45, 7) is 11.7. The maximum absolute atomic E-state index is 9.14. The first-order valence-electron chi connectivity index (χ1n) is 7.21. The maximum Gasteiger partial charge on any atom is 0.0471 e. The zero-order valence-electron chi connectivity index (χ0n) is 12.3. The van der Waals surface area contributed by atoms with Crippen LogP contribution < -0.4 is 5.32 Å². The third kappa shape index (κ3) is 4.59. The third-order valence-electron chi connectivity index (χ3n) is 4.59. The average molecular weight is 241 g/mol. The molecule has 0 bridgehead atoms. The number of aliphatic hydroxyl groups is 1. The number of rotatable bonds is 4. The van der Waals surface area contributed by atoms with Crippen molar-refractivity contribution in [2.75, 3.05) is 6.61 Å². The Hall–Kier alpha value is -0.0800. The van der Waals surface area contributed by atoms with Crippen LogP contribution in [0.15, 0.2) is 0 Å². The van der Waals surface area contributed by atoms with Gasteiger partial charge in [0, 0.05) is 18.7 Å². The monoisotopic (exact) mass is 241 g/mol. The van der Waals surface area contributed by atoms with Gasteiger partial charge in [-0.1, -0.05) is 27.7 Å². The topological polar surface area (TPSA) is 32.3 Å². The normalized spacial score (nSPS) is 30.0. The van der Waals surface area contributed by atoms with Crippen LogP contribution in [0.1, 0.15) is 60.3 Å². The Labute approximate surface area is 107 Å². The lowest BCUT2D eigenvalue weighted by molar-refractivity contribution is 0.145. The van der Waals surface area contributed by atoms with Gasteiger partial charge in [0.1, 0.15) is 0 Å². The Morgan fingerprint density at radius 2 is 1.65 bits per heavy atom. The largest absolute Gasteiger partial charge is 0.396 e. The number of hydrogen-bond acceptors (Lipinski definition) is 2. The molecule has 2 heteroatoms. The van der Waals surface area contributed by atoms with Crippen molar-refractivity contribution < 1.29 is 5.11 Å². The lowest BCUT2D eigenvalue weighted by Crippen LogP contribution is -2.43. The lowest BCUT2D eigenvalue weighted by atomic mass is 9.71. The number of aliphatic hydroxyl groups excluding tert-OH is 1. The second-order valence-corrected chi connectivity index (χ2v) is 7.03. The highest BCUT2D eigenvalue weighted by Crippen LogP contribution is 2.37. The molecule has 0 saturated heterocycles. The highest BCUT2D eigenvalue weighted by atomic mass is 16.3. The molecule has 0 heterocycles. The molecular formula is C15H31NO. The van der Waals surface area contributed by atoms with Crippen molar-refractivity contribution in [3.63, 3.8) is 0 Å². The highest BCUT2D eigenvalue weighted by molar-refractivity contribution is 4.85. The van der Waals surface area contributed by atoms with Gasteiger partial charge in [0.2, 0.25) is 0 Å². The molecule has 0 radical (unpaired) electrons. The molecule has 17 heavy (non-hydrogen) atoms. The summed E-state index contributed by atoms with van der Waals surface area (Å²) in [5.41, 5.74) is 0.467. The van der Waals surface area contributed by atoms with Crippen molar-refractivity contribution in [2.45, 2.75) is 72.4 Å². The number of nitrogens with one attached hydrogen (secondary N) is 1. The van der Waals surface area contributed by atoms with Crippen LogP contribution in [0.25, 0.3) is 0 Å². The van der Waals surface area contributed by atoms with Gasteiger partial charge < -0.3 is 10.4 Å². The Kier molecular flexibility index (Phi) is 5.46. The molecule has 0 spiro atoms. The van der Waals surface area contributed by atoms with Crippen molar-refractivity contribution in [1.29, 1.82) is 0 Å². The molecule has 0 aromatic rings. The molecular weight excluding hydrogens is 210 g/mol. The molecule has 102 valence electrons. The molecule has 2 nitrogen and oxygen atoms in total. The first kappa shape index (κ1) is 15.0. The van der Waals surface area contributed by atoms with E-state index in [0.29, 0.717) is 23.4 Å². The van der Waals surface area contributed by atoms with Gasteiger partial charge in [-0.2, -0.15) is 0 Å². The Morgan fingerprint density at radius 3 is 2.06 bits per heavy atom.